The number of hydrogen-bond donors (Lipinski definition) is 0. The predicted octanol–water partition coefficient (Wildman–Crippen LogP) is 4.65. The van der Waals surface area contributed by atoms with Gasteiger partial charge in [0.25, 0.3) is 0 Å². The van der Waals surface area contributed by atoms with Gasteiger partial charge in [-0.25, -0.2) is 8.78 Å². The van der Waals surface area contributed by atoms with Crippen molar-refractivity contribution in [2.75, 3.05) is 11.4 Å². The summed E-state index contributed by atoms with van der Waals surface area (Å²) in [6, 6.07) is 8.87. The van der Waals surface area contributed by atoms with Crippen molar-refractivity contribution < 1.29 is 8.78 Å². The first kappa shape index (κ1) is 14.3. The fraction of sp³-hybridized carbons (Fsp3) is 0.167. The van der Waals surface area contributed by atoms with Gasteiger partial charge in [0.2, 0.25) is 0 Å². The number of fused-ring (bicyclic) bond motifs is 1. The fourth-order valence-electron chi connectivity index (χ4n) is 2.97. The SMILES string of the molecule is Fc1ccc2c(c1F)N(Cc1ccc(-c3ccsc3)nc1)CC2. The normalized spacial score (nSPS) is 13.4. The molecule has 1 aromatic carbocycles. The molecule has 0 bridgehead atoms. The van der Waals surface area contributed by atoms with E-state index in [-0.39, 0.29) is 0 Å². The minimum absolute atomic E-state index is 0.395. The van der Waals surface area contributed by atoms with Crippen LogP contribution in [0.1, 0.15) is 11.1 Å². The summed E-state index contributed by atoms with van der Waals surface area (Å²) < 4.78 is 27.6. The second kappa shape index (κ2) is 5.74. The van der Waals surface area contributed by atoms with Crippen LogP contribution in [-0.4, -0.2) is 11.5 Å². The number of anilines is 1. The third-order valence-electron chi connectivity index (χ3n) is 4.13. The Kier molecular flexibility index (Phi) is 3.58. The van der Waals surface area contributed by atoms with Crippen LogP contribution in [-0.2, 0) is 13.0 Å². The molecule has 0 radical (unpaired) electrons. The first-order valence-corrected chi connectivity index (χ1v) is 8.36. The van der Waals surface area contributed by atoms with E-state index in [1.165, 1.54) is 6.07 Å². The molecule has 0 fully saturated rings. The van der Waals surface area contributed by atoms with Gasteiger partial charge in [0, 0.05) is 30.2 Å². The van der Waals surface area contributed by atoms with E-state index in [2.05, 4.69) is 10.4 Å². The molecule has 0 aliphatic carbocycles. The minimum Gasteiger partial charge on any atom is -0.364 e. The third kappa shape index (κ3) is 2.61. The largest absolute Gasteiger partial charge is 0.364 e. The van der Waals surface area contributed by atoms with Crippen molar-refractivity contribution in [3.8, 4) is 11.3 Å². The molecule has 3 aromatic rings. The number of hydrogen-bond acceptors (Lipinski definition) is 3. The highest BCUT2D eigenvalue weighted by molar-refractivity contribution is 7.08. The Morgan fingerprint density at radius 2 is 2.04 bits per heavy atom. The Morgan fingerprint density at radius 1 is 1.13 bits per heavy atom. The van der Waals surface area contributed by atoms with Gasteiger partial charge in [-0.3, -0.25) is 4.98 Å². The van der Waals surface area contributed by atoms with Crippen LogP contribution >= 0.6 is 11.3 Å². The predicted molar refractivity (Wildman–Crippen MR) is 88.7 cm³/mol. The summed E-state index contributed by atoms with van der Waals surface area (Å²) in [4.78, 5) is 6.36. The Balaban J connectivity index is 1.58. The quantitative estimate of drug-likeness (QED) is 0.696. The molecule has 0 N–H and O–H groups in total. The topological polar surface area (TPSA) is 16.1 Å². The van der Waals surface area contributed by atoms with E-state index in [4.69, 9.17) is 0 Å². The highest BCUT2D eigenvalue weighted by Crippen LogP contribution is 2.33. The molecule has 2 aromatic heterocycles. The summed E-state index contributed by atoms with van der Waals surface area (Å²) in [5.74, 6) is -1.54. The number of nitrogens with zero attached hydrogens (tertiary/aromatic N) is 2. The smallest absolute Gasteiger partial charge is 0.182 e. The zero-order chi connectivity index (χ0) is 15.8. The van der Waals surface area contributed by atoms with Gasteiger partial charge in [-0.2, -0.15) is 11.3 Å². The van der Waals surface area contributed by atoms with Crippen LogP contribution in [0.4, 0.5) is 14.5 Å². The van der Waals surface area contributed by atoms with Gasteiger partial charge in [0.1, 0.15) is 0 Å². The van der Waals surface area contributed by atoms with Crippen molar-refractivity contribution in [2.24, 2.45) is 0 Å². The standard InChI is InChI=1S/C18H14F2N2S/c19-15-3-2-13-5-7-22(18(13)17(15)20)10-12-1-4-16(21-9-12)14-6-8-23-11-14/h1-4,6,8-9,11H,5,7,10H2. The summed E-state index contributed by atoms with van der Waals surface area (Å²) in [6.07, 6.45) is 2.55. The summed E-state index contributed by atoms with van der Waals surface area (Å²) in [7, 11) is 0. The van der Waals surface area contributed by atoms with E-state index >= 15 is 0 Å². The lowest BCUT2D eigenvalue weighted by Gasteiger charge is -2.20. The molecule has 0 atom stereocenters. The number of rotatable bonds is 3. The molecule has 1 aliphatic heterocycles. The molecule has 5 heteroatoms. The number of halogens is 2. The summed E-state index contributed by atoms with van der Waals surface area (Å²) in [5, 5.41) is 4.07. The Bertz CT molecular complexity index is 829. The molecule has 116 valence electrons. The molecule has 1 aliphatic rings. The van der Waals surface area contributed by atoms with Crippen LogP contribution in [0.2, 0.25) is 0 Å². The second-order valence-corrected chi connectivity index (χ2v) is 6.38. The average molecular weight is 328 g/mol. The van der Waals surface area contributed by atoms with Gasteiger partial charge in [0.15, 0.2) is 11.6 Å². The molecular formula is C18H14F2N2S. The van der Waals surface area contributed by atoms with Crippen molar-refractivity contribution in [3.05, 3.63) is 70.1 Å². The maximum atomic E-state index is 14.1. The Morgan fingerprint density at radius 3 is 2.78 bits per heavy atom. The van der Waals surface area contributed by atoms with Gasteiger partial charge < -0.3 is 4.90 Å². The molecule has 0 saturated heterocycles. The highest BCUT2D eigenvalue weighted by Gasteiger charge is 2.25. The van der Waals surface area contributed by atoms with Gasteiger partial charge in [-0.1, -0.05) is 12.1 Å². The lowest BCUT2D eigenvalue weighted by atomic mass is 10.1. The fourth-order valence-corrected chi connectivity index (χ4v) is 3.62. The molecule has 4 rings (SSSR count). The summed E-state index contributed by atoms with van der Waals surface area (Å²) in [6.45, 7) is 1.23. The molecule has 0 amide bonds. The van der Waals surface area contributed by atoms with Crippen LogP contribution in [0.5, 0.6) is 0 Å². The molecule has 23 heavy (non-hydrogen) atoms. The molecule has 3 heterocycles. The number of benzene rings is 1. The van der Waals surface area contributed by atoms with E-state index in [1.807, 2.05) is 34.7 Å². The first-order chi connectivity index (χ1) is 11.2. The zero-order valence-corrected chi connectivity index (χ0v) is 13.1. The van der Waals surface area contributed by atoms with Crippen LogP contribution in [0.15, 0.2) is 47.3 Å². The van der Waals surface area contributed by atoms with E-state index in [0.29, 0.717) is 18.8 Å². The molecule has 0 spiro atoms. The lowest BCUT2D eigenvalue weighted by Crippen LogP contribution is -2.21. The van der Waals surface area contributed by atoms with Crippen molar-refractivity contribution in [2.45, 2.75) is 13.0 Å². The first-order valence-electron chi connectivity index (χ1n) is 7.42. The zero-order valence-electron chi connectivity index (χ0n) is 12.3. The number of thiophene rings is 1. The van der Waals surface area contributed by atoms with Crippen LogP contribution in [0, 0.1) is 11.6 Å². The highest BCUT2D eigenvalue weighted by atomic mass is 32.1. The lowest BCUT2D eigenvalue weighted by molar-refractivity contribution is 0.507. The molecule has 0 saturated carbocycles. The molecule has 2 nitrogen and oxygen atoms in total. The van der Waals surface area contributed by atoms with E-state index in [1.54, 1.807) is 17.4 Å². The van der Waals surface area contributed by atoms with E-state index in [9.17, 15) is 8.78 Å². The third-order valence-corrected chi connectivity index (χ3v) is 4.82. The van der Waals surface area contributed by atoms with E-state index in [0.717, 1.165) is 28.8 Å². The Labute approximate surface area is 137 Å². The molecule has 0 unspecified atom stereocenters. The van der Waals surface area contributed by atoms with Crippen molar-refractivity contribution >= 4 is 17.0 Å². The number of aromatic nitrogens is 1. The van der Waals surface area contributed by atoms with Crippen molar-refractivity contribution in [1.82, 2.24) is 4.98 Å². The van der Waals surface area contributed by atoms with Crippen LogP contribution in [0.25, 0.3) is 11.3 Å². The van der Waals surface area contributed by atoms with Gasteiger partial charge in [-0.05, 0) is 41.1 Å². The summed E-state index contributed by atoms with van der Waals surface area (Å²) in [5.41, 5.74) is 4.27. The van der Waals surface area contributed by atoms with Crippen LogP contribution < -0.4 is 4.90 Å². The maximum Gasteiger partial charge on any atom is 0.182 e. The van der Waals surface area contributed by atoms with E-state index < -0.39 is 11.6 Å². The molecular weight excluding hydrogens is 314 g/mol. The number of pyridine rings is 1. The summed E-state index contributed by atoms with van der Waals surface area (Å²) >= 11 is 1.63. The van der Waals surface area contributed by atoms with Gasteiger partial charge >= 0.3 is 0 Å². The van der Waals surface area contributed by atoms with Crippen molar-refractivity contribution in [3.63, 3.8) is 0 Å². The van der Waals surface area contributed by atoms with Gasteiger partial charge in [-0.15, -0.1) is 0 Å². The monoisotopic (exact) mass is 328 g/mol. The maximum absolute atomic E-state index is 14.1. The van der Waals surface area contributed by atoms with Crippen molar-refractivity contribution in [1.29, 1.82) is 0 Å². The minimum atomic E-state index is -0.790. The Hall–Kier alpha value is -2.27. The van der Waals surface area contributed by atoms with Gasteiger partial charge in [0.05, 0.1) is 11.4 Å². The second-order valence-electron chi connectivity index (χ2n) is 5.60. The van der Waals surface area contributed by atoms with Crippen LogP contribution in [0.3, 0.4) is 0 Å². The average Bonchev–Trinajstić information content (AvgIpc) is 3.22.